The van der Waals surface area contributed by atoms with Crippen LogP contribution in [0.15, 0.2) is 70.7 Å². The zero-order chi connectivity index (χ0) is 19.5. The average molecular weight is 841 g/mol. The van der Waals surface area contributed by atoms with Crippen molar-refractivity contribution in [1.82, 2.24) is 20.2 Å². The monoisotopic (exact) mass is 841 g/mol. The number of hydrogen-bond donors (Lipinski definition) is 2. The fraction of sp³-hybridized carbons (Fsp3) is 0.0500. The number of aromatic amines is 1. The molecule has 4 rings (SSSR count). The molecule has 4 N–H and O–H groups in total. The molecule has 30 heavy (non-hydrogen) atoms. The summed E-state index contributed by atoms with van der Waals surface area (Å²) in [4.78, 5) is 10.2. The number of aryl methyl sites for hydroxylation is 1. The minimum absolute atomic E-state index is 0. The molecule has 2 aromatic carbocycles. The van der Waals surface area contributed by atoms with Crippen LogP contribution >= 0.6 is 11.8 Å². The van der Waals surface area contributed by atoms with E-state index in [-0.39, 0.29) is 88.1 Å². The van der Waals surface area contributed by atoms with E-state index in [9.17, 15) is 0 Å². The molecule has 0 aliphatic heterocycles. The molecule has 10 heteroatoms. The van der Waals surface area contributed by atoms with E-state index in [0.29, 0.717) is 28.2 Å². The molecule has 0 spiro atoms. The van der Waals surface area contributed by atoms with Crippen molar-refractivity contribution in [3.8, 4) is 11.3 Å². The van der Waals surface area contributed by atoms with Crippen LogP contribution in [0.25, 0.3) is 22.7 Å². The molecule has 0 aliphatic rings. The summed E-state index contributed by atoms with van der Waals surface area (Å²) in [6, 6.07) is 18.2. The van der Waals surface area contributed by atoms with Gasteiger partial charge in [-0.1, -0.05) is 36.4 Å². The average Bonchev–Trinajstić information content (AvgIpc) is 3.08. The first kappa shape index (κ1) is 25.6. The Kier molecular flexibility index (Phi) is 10.1. The Balaban J connectivity index is 0.00000160. The molecule has 2 aromatic heterocycles. The number of nitrogens with one attached hydrogen (secondary N) is 4. The van der Waals surface area contributed by atoms with Crippen LogP contribution < -0.4 is 5.32 Å². The van der Waals surface area contributed by atoms with Gasteiger partial charge in [-0.25, -0.2) is 9.97 Å². The van der Waals surface area contributed by atoms with Gasteiger partial charge in [0.1, 0.15) is 5.82 Å². The fourth-order valence-electron chi connectivity index (χ4n) is 2.60. The third-order valence-corrected chi connectivity index (χ3v) is 4.76. The van der Waals surface area contributed by atoms with Gasteiger partial charge < -0.3 is 16.8 Å². The first-order valence-electron chi connectivity index (χ1n) is 8.55. The number of aromatic nitrogens is 4. The fourth-order valence-corrected chi connectivity index (χ4v) is 3.37. The maximum Gasteiger partial charge on any atom is 0.194 e. The molecule has 0 unspecified atom stereocenters. The smallest absolute Gasteiger partial charge is 0.194 e. The summed E-state index contributed by atoms with van der Waals surface area (Å²) in [5.41, 5.74) is 18.9. The summed E-state index contributed by atoms with van der Waals surface area (Å²) in [7, 11) is 0. The quantitative estimate of drug-likeness (QED) is 0.225. The predicted octanol–water partition coefficient (Wildman–Crippen LogP) is 6.44. The molecule has 0 saturated carbocycles. The molecule has 0 aliphatic carbocycles. The number of H-pyrrole nitrogens is 1. The van der Waals surface area contributed by atoms with Crippen molar-refractivity contribution < 1.29 is 88.1 Å². The van der Waals surface area contributed by atoms with E-state index in [1.54, 1.807) is 24.3 Å². The SMILES string of the molecule is Cc1cc(Nc2cc(-c3cccc([NH-])c3)nc(Sc3ccc([NH-])cc3)n2)n[nH]1.[Ac].[Ac]. The second-order valence-corrected chi connectivity index (χ2v) is 7.23. The maximum absolute atomic E-state index is 7.88. The Labute approximate surface area is 250 Å². The van der Waals surface area contributed by atoms with Crippen molar-refractivity contribution in [3.05, 3.63) is 77.8 Å². The molecule has 146 valence electrons. The van der Waals surface area contributed by atoms with Crippen LogP contribution in [0.3, 0.4) is 0 Å². The molecule has 2 radical (unpaired) electrons. The molecule has 0 saturated heterocycles. The molecular weight excluding hydrogens is 824 g/mol. The zero-order valence-corrected chi connectivity index (χ0v) is 26.5. The van der Waals surface area contributed by atoms with Gasteiger partial charge in [0.2, 0.25) is 0 Å². The first-order chi connectivity index (χ1) is 13.5. The van der Waals surface area contributed by atoms with Gasteiger partial charge in [-0.3, -0.25) is 5.10 Å². The van der Waals surface area contributed by atoms with Crippen molar-refractivity contribution in [2.75, 3.05) is 5.32 Å². The van der Waals surface area contributed by atoms with Crippen LogP contribution in [0.2, 0.25) is 0 Å². The van der Waals surface area contributed by atoms with Gasteiger partial charge in [0, 0.05) is 111 Å². The predicted molar refractivity (Wildman–Crippen MR) is 113 cm³/mol. The number of hydrogen-bond acceptors (Lipinski definition) is 5. The third kappa shape index (κ3) is 6.94. The number of nitrogens with zero attached hydrogens (tertiary/aromatic N) is 3. The van der Waals surface area contributed by atoms with Crippen molar-refractivity contribution in [1.29, 1.82) is 0 Å². The second-order valence-electron chi connectivity index (χ2n) is 6.19. The van der Waals surface area contributed by atoms with Gasteiger partial charge in [0.25, 0.3) is 0 Å². The molecule has 0 bridgehead atoms. The second kappa shape index (κ2) is 11.8. The van der Waals surface area contributed by atoms with Crippen molar-refractivity contribution in [3.63, 3.8) is 0 Å². The third-order valence-electron chi connectivity index (χ3n) is 3.89. The Bertz CT molecular complexity index is 1120. The number of anilines is 2. The maximum atomic E-state index is 7.88. The molecule has 0 atom stereocenters. The number of rotatable bonds is 5. The summed E-state index contributed by atoms with van der Waals surface area (Å²) < 4.78 is 0. The van der Waals surface area contributed by atoms with Crippen molar-refractivity contribution >= 4 is 34.8 Å². The molecular formula is C20H17Ac2N7S-2. The summed E-state index contributed by atoms with van der Waals surface area (Å²) >= 11 is 1.42. The summed E-state index contributed by atoms with van der Waals surface area (Å²) in [6.45, 7) is 1.93. The van der Waals surface area contributed by atoms with E-state index >= 15 is 0 Å². The summed E-state index contributed by atoms with van der Waals surface area (Å²) in [6.07, 6.45) is 0. The van der Waals surface area contributed by atoms with Crippen LogP contribution in [-0.4, -0.2) is 20.2 Å². The molecule has 0 fully saturated rings. The van der Waals surface area contributed by atoms with Gasteiger partial charge in [-0.2, -0.15) is 5.10 Å². The van der Waals surface area contributed by atoms with Crippen LogP contribution in [0.1, 0.15) is 5.69 Å². The van der Waals surface area contributed by atoms with Gasteiger partial charge in [-0.15, -0.1) is 11.4 Å². The largest absolute Gasteiger partial charge is 0.699 e. The van der Waals surface area contributed by atoms with E-state index < -0.39 is 0 Å². The van der Waals surface area contributed by atoms with Gasteiger partial charge in [0.15, 0.2) is 11.0 Å². The van der Waals surface area contributed by atoms with Gasteiger partial charge in [-0.05, 0) is 36.4 Å². The number of benzene rings is 2. The molecule has 0 amide bonds. The first-order valence-corrected chi connectivity index (χ1v) is 9.36. The minimum atomic E-state index is 0. The van der Waals surface area contributed by atoms with Crippen LogP contribution in [-0.2, 0) is 0 Å². The van der Waals surface area contributed by atoms with Crippen LogP contribution in [0.5, 0.6) is 0 Å². The molecule has 4 aromatic rings. The summed E-state index contributed by atoms with van der Waals surface area (Å²) in [5, 5.41) is 10.9. The zero-order valence-electron chi connectivity index (χ0n) is 16.2. The van der Waals surface area contributed by atoms with Crippen LogP contribution in [0.4, 0.5) is 23.0 Å². The standard InChI is InChI=1S/C20H17N7S.2Ac/c1-12-9-19(27-26-12)24-18-11-17(13-3-2-4-15(22)10-13)23-20(25-18)28-16-7-5-14(21)6-8-16;;/h2-11,21-22H,1H3,(H2,23,24,25,26,27);;/q-2;;. The Morgan fingerprint density at radius 2 is 1.63 bits per heavy atom. The van der Waals surface area contributed by atoms with E-state index in [0.717, 1.165) is 21.8 Å². The van der Waals surface area contributed by atoms with E-state index in [1.165, 1.54) is 11.8 Å². The normalized spacial score (nSPS) is 10.0. The van der Waals surface area contributed by atoms with Crippen molar-refractivity contribution in [2.45, 2.75) is 17.0 Å². The Morgan fingerprint density at radius 1 is 0.867 bits per heavy atom. The van der Waals surface area contributed by atoms with E-state index in [1.807, 2.05) is 43.3 Å². The molecule has 7 nitrogen and oxygen atoms in total. The topological polar surface area (TPSA) is 114 Å². The van der Waals surface area contributed by atoms with Gasteiger partial charge in [0.05, 0.1) is 5.69 Å². The molecule has 2 heterocycles. The Hall–Kier alpha value is -0.637. The van der Waals surface area contributed by atoms with E-state index in [2.05, 4.69) is 25.5 Å². The summed E-state index contributed by atoms with van der Waals surface area (Å²) in [5.74, 6) is 1.29. The van der Waals surface area contributed by atoms with Crippen LogP contribution in [0, 0.1) is 95.0 Å². The van der Waals surface area contributed by atoms with E-state index in [4.69, 9.17) is 11.5 Å². The van der Waals surface area contributed by atoms with Gasteiger partial charge >= 0.3 is 0 Å². The minimum Gasteiger partial charge on any atom is -0.699 e. The Morgan fingerprint density at radius 3 is 2.30 bits per heavy atom. The van der Waals surface area contributed by atoms with Crippen molar-refractivity contribution in [2.24, 2.45) is 0 Å².